The number of carbonyl (C=O) groups is 1. The third-order valence-corrected chi connectivity index (χ3v) is 6.63. The summed E-state index contributed by atoms with van der Waals surface area (Å²) in [4.78, 5) is 21.4. The zero-order valence-electron chi connectivity index (χ0n) is 22.2. The summed E-state index contributed by atoms with van der Waals surface area (Å²) >= 11 is 0. The van der Waals surface area contributed by atoms with Gasteiger partial charge in [0, 0.05) is 5.56 Å². The van der Waals surface area contributed by atoms with Gasteiger partial charge in [-0.05, 0) is 48.9 Å². The number of hydrogen-bond donors (Lipinski definition) is 0. The third kappa shape index (κ3) is 9.56. The molecule has 0 unspecified atom stereocenters. The van der Waals surface area contributed by atoms with Gasteiger partial charge >= 0.3 is 5.97 Å². The van der Waals surface area contributed by atoms with Gasteiger partial charge in [0.15, 0.2) is 11.6 Å². The van der Waals surface area contributed by atoms with E-state index in [0.717, 1.165) is 18.4 Å². The summed E-state index contributed by atoms with van der Waals surface area (Å²) in [5.41, 5.74) is 4.11. The van der Waals surface area contributed by atoms with Gasteiger partial charge in [0.05, 0.1) is 18.0 Å². The first-order valence-electron chi connectivity index (χ1n) is 13.9. The first-order chi connectivity index (χ1) is 17.7. The van der Waals surface area contributed by atoms with Gasteiger partial charge in [0.25, 0.3) is 0 Å². The Morgan fingerprint density at radius 1 is 0.639 bits per heavy atom. The number of unbranched alkanes of at least 4 members (excludes halogenated alkanes) is 9. The maximum atomic E-state index is 12.5. The molecule has 0 N–H and O–H groups in total. The van der Waals surface area contributed by atoms with Crippen LogP contribution in [0.1, 0.15) is 106 Å². The van der Waals surface area contributed by atoms with E-state index in [9.17, 15) is 4.79 Å². The van der Waals surface area contributed by atoms with Crippen LogP contribution in [-0.4, -0.2) is 15.9 Å². The Hall–Kier alpha value is -3.01. The lowest BCUT2D eigenvalue weighted by molar-refractivity contribution is 0.0733. The Bertz CT molecular complexity index is 1010. The van der Waals surface area contributed by atoms with Crippen LogP contribution >= 0.6 is 0 Å². The highest BCUT2D eigenvalue weighted by Gasteiger charge is 2.10. The number of carbonyl (C=O) groups excluding carboxylic acids is 1. The summed E-state index contributed by atoms with van der Waals surface area (Å²) in [6.45, 7) is 4.48. The molecule has 0 bridgehead atoms. The fourth-order valence-corrected chi connectivity index (χ4v) is 4.35. The quantitative estimate of drug-likeness (QED) is 0.150. The van der Waals surface area contributed by atoms with Crippen molar-refractivity contribution in [2.45, 2.75) is 97.3 Å². The second-order valence-electron chi connectivity index (χ2n) is 9.71. The molecule has 3 aromatic rings. The van der Waals surface area contributed by atoms with E-state index in [1.54, 1.807) is 12.4 Å². The van der Waals surface area contributed by atoms with E-state index in [1.165, 1.54) is 81.8 Å². The van der Waals surface area contributed by atoms with Crippen LogP contribution in [0.4, 0.5) is 0 Å². The first kappa shape index (κ1) is 27.6. The van der Waals surface area contributed by atoms with E-state index in [-0.39, 0.29) is 5.97 Å². The molecule has 2 aromatic carbocycles. The summed E-state index contributed by atoms with van der Waals surface area (Å²) < 4.78 is 5.49. The Kier molecular flexibility index (Phi) is 12.2. The lowest BCUT2D eigenvalue weighted by Gasteiger charge is -2.07. The molecule has 0 atom stereocenters. The van der Waals surface area contributed by atoms with Gasteiger partial charge in [-0.25, -0.2) is 14.8 Å². The lowest BCUT2D eigenvalue weighted by Crippen LogP contribution is -2.09. The van der Waals surface area contributed by atoms with Crippen molar-refractivity contribution < 1.29 is 9.53 Å². The zero-order chi connectivity index (χ0) is 25.4. The summed E-state index contributed by atoms with van der Waals surface area (Å²) in [5.74, 6) is 0.590. The molecule has 4 heteroatoms. The van der Waals surface area contributed by atoms with Crippen LogP contribution in [0.2, 0.25) is 0 Å². The topological polar surface area (TPSA) is 52.1 Å². The van der Waals surface area contributed by atoms with Crippen molar-refractivity contribution in [1.82, 2.24) is 9.97 Å². The van der Waals surface area contributed by atoms with Gasteiger partial charge in [0.1, 0.15) is 0 Å². The van der Waals surface area contributed by atoms with Crippen LogP contribution in [0.5, 0.6) is 5.75 Å². The molecule has 0 saturated heterocycles. The second kappa shape index (κ2) is 15.9. The molecule has 0 aliphatic heterocycles. The predicted octanol–water partition coefficient (Wildman–Crippen LogP) is 8.78. The molecular formula is C32H42N2O2. The molecule has 0 saturated carbocycles. The third-order valence-electron chi connectivity index (χ3n) is 6.63. The average molecular weight is 487 g/mol. The van der Waals surface area contributed by atoms with Crippen LogP contribution in [-0.2, 0) is 12.8 Å². The summed E-state index contributed by atoms with van der Waals surface area (Å²) in [6.07, 6.45) is 19.5. The highest BCUT2D eigenvalue weighted by molar-refractivity contribution is 5.91. The van der Waals surface area contributed by atoms with Crippen molar-refractivity contribution in [3.05, 3.63) is 77.6 Å². The maximum Gasteiger partial charge on any atom is 0.343 e. The highest BCUT2D eigenvalue weighted by Crippen LogP contribution is 2.19. The number of esters is 1. The number of aromatic nitrogens is 2. The molecule has 1 heterocycles. The Morgan fingerprint density at radius 2 is 1.11 bits per heavy atom. The number of benzene rings is 2. The Balaban J connectivity index is 1.44. The second-order valence-corrected chi connectivity index (χ2v) is 9.71. The lowest BCUT2D eigenvalue weighted by atomic mass is 10.0. The number of rotatable bonds is 16. The molecule has 0 fully saturated rings. The van der Waals surface area contributed by atoms with E-state index in [1.807, 2.05) is 24.3 Å². The molecule has 0 radical (unpaired) electrons. The van der Waals surface area contributed by atoms with Gasteiger partial charge in [-0.15, -0.1) is 0 Å². The molecule has 4 nitrogen and oxygen atoms in total. The fourth-order valence-electron chi connectivity index (χ4n) is 4.35. The molecule has 0 aliphatic carbocycles. The van der Waals surface area contributed by atoms with Gasteiger partial charge < -0.3 is 4.74 Å². The highest BCUT2D eigenvalue weighted by atomic mass is 16.5. The SMILES string of the molecule is CCCCCCCCc1ccc(C(=O)Oc2cnc(-c3ccc(CCCCCCC)cc3)nc2)cc1. The summed E-state index contributed by atoms with van der Waals surface area (Å²) in [6, 6.07) is 16.2. The predicted molar refractivity (Wildman–Crippen MR) is 148 cm³/mol. The molecule has 1 aromatic heterocycles. The minimum absolute atomic E-state index is 0.351. The molecular weight excluding hydrogens is 444 g/mol. The van der Waals surface area contributed by atoms with Gasteiger partial charge in [-0.3, -0.25) is 0 Å². The molecule has 192 valence electrons. The Labute approximate surface area is 217 Å². The van der Waals surface area contributed by atoms with E-state index in [2.05, 4.69) is 48.1 Å². The smallest absolute Gasteiger partial charge is 0.343 e. The largest absolute Gasteiger partial charge is 0.420 e. The molecule has 0 aliphatic rings. The number of hydrogen-bond acceptors (Lipinski definition) is 4. The standard InChI is InChI=1S/C32H42N2O2/c1-3-5-7-9-11-13-15-27-18-22-29(23-19-27)32(35)36-30-24-33-31(34-25-30)28-20-16-26(17-21-28)14-12-10-8-6-4-2/h16-25H,3-15H2,1-2H3. The number of aryl methyl sites for hydroxylation is 2. The first-order valence-corrected chi connectivity index (χ1v) is 13.9. The van der Waals surface area contributed by atoms with Crippen LogP contribution < -0.4 is 4.74 Å². The molecule has 3 rings (SSSR count). The monoisotopic (exact) mass is 486 g/mol. The minimum atomic E-state index is -0.388. The van der Waals surface area contributed by atoms with Crippen LogP contribution in [0.25, 0.3) is 11.4 Å². The zero-order valence-corrected chi connectivity index (χ0v) is 22.2. The molecule has 0 spiro atoms. The van der Waals surface area contributed by atoms with Crippen molar-refractivity contribution in [3.63, 3.8) is 0 Å². The van der Waals surface area contributed by atoms with Crippen LogP contribution in [0, 0.1) is 0 Å². The van der Waals surface area contributed by atoms with E-state index < -0.39 is 0 Å². The van der Waals surface area contributed by atoms with Crippen molar-refractivity contribution >= 4 is 5.97 Å². The van der Waals surface area contributed by atoms with E-state index in [0.29, 0.717) is 17.1 Å². The maximum absolute atomic E-state index is 12.5. The molecule has 36 heavy (non-hydrogen) atoms. The van der Waals surface area contributed by atoms with Crippen molar-refractivity contribution in [3.8, 4) is 17.1 Å². The summed E-state index contributed by atoms with van der Waals surface area (Å²) in [7, 11) is 0. The number of ether oxygens (including phenoxy) is 1. The van der Waals surface area contributed by atoms with Gasteiger partial charge in [-0.2, -0.15) is 0 Å². The Morgan fingerprint density at radius 3 is 1.64 bits per heavy atom. The van der Waals surface area contributed by atoms with E-state index in [4.69, 9.17) is 4.74 Å². The minimum Gasteiger partial charge on any atom is -0.420 e. The van der Waals surface area contributed by atoms with Crippen molar-refractivity contribution in [2.24, 2.45) is 0 Å². The van der Waals surface area contributed by atoms with Gasteiger partial charge in [-0.1, -0.05) is 108 Å². The van der Waals surface area contributed by atoms with E-state index >= 15 is 0 Å². The van der Waals surface area contributed by atoms with Crippen molar-refractivity contribution in [2.75, 3.05) is 0 Å². The average Bonchev–Trinajstić information content (AvgIpc) is 2.92. The van der Waals surface area contributed by atoms with Crippen molar-refractivity contribution in [1.29, 1.82) is 0 Å². The fraction of sp³-hybridized carbons (Fsp3) is 0.469. The van der Waals surface area contributed by atoms with Crippen LogP contribution in [0.15, 0.2) is 60.9 Å². The van der Waals surface area contributed by atoms with Gasteiger partial charge in [0.2, 0.25) is 0 Å². The van der Waals surface area contributed by atoms with Crippen LogP contribution in [0.3, 0.4) is 0 Å². The normalized spacial score (nSPS) is 10.9. The molecule has 0 amide bonds. The summed E-state index contributed by atoms with van der Waals surface area (Å²) in [5, 5.41) is 0. The number of nitrogens with zero attached hydrogens (tertiary/aromatic N) is 2.